The molecule has 126 valence electrons. The molecule has 1 N–H and O–H groups in total. The van der Waals surface area contributed by atoms with Gasteiger partial charge in [-0.1, -0.05) is 0 Å². The summed E-state index contributed by atoms with van der Waals surface area (Å²) in [6, 6.07) is 7.91. The molecule has 0 aliphatic carbocycles. The van der Waals surface area contributed by atoms with Gasteiger partial charge in [0.2, 0.25) is 0 Å². The van der Waals surface area contributed by atoms with Crippen LogP contribution in [0.1, 0.15) is 16.8 Å². The molecule has 0 bridgehead atoms. The van der Waals surface area contributed by atoms with Gasteiger partial charge in [-0.2, -0.15) is 0 Å². The second-order valence-corrected chi connectivity index (χ2v) is 5.60. The number of carbonyl (C=O) groups excluding carboxylic acids is 1. The lowest BCUT2D eigenvalue weighted by Gasteiger charge is -2.32. The topological polar surface area (TPSA) is 71.8 Å². The number of ether oxygens (including phenoxy) is 1. The zero-order valence-corrected chi connectivity index (χ0v) is 12.9. The number of hydrogen-bond donors (Lipinski definition) is 1. The van der Waals surface area contributed by atoms with E-state index in [1.807, 2.05) is 0 Å². The summed E-state index contributed by atoms with van der Waals surface area (Å²) in [4.78, 5) is 24.8. The van der Waals surface area contributed by atoms with Crippen LogP contribution in [0, 0.1) is 5.82 Å². The fraction of sp³-hybridized carbons (Fsp3) is 0.294. The molecule has 3 rings (SSSR count). The normalized spacial score (nSPS) is 17.7. The predicted molar refractivity (Wildman–Crippen MR) is 83.6 cm³/mol. The highest BCUT2D eigenvalue weighted by Gasteiger charge is 2.27. The van der Waals surface area contributed by atoms with Crippen molar-refractivity contribution in [3.8, 4) is 5.69 Å². The van der Waals surface area contributed by atoms with Crippen LogP contribution < -0.4 is 0 Å². The van der Waals surface area contributed by atoms with Crippen molar-refractivity contribution in [1.82, 2.24) is 9.47 Å². The van der Waals surface area contributed by atoms with E-state index in [0.29, 0.717) is 12.2 Å². The number of carboxylic acid groups (broad SMARTS) is 1. The molecule has 0 radical (unpaired) electrons. The number of aliphatic carboxylic acids is 1. The second-order valence-electron chi connectivity index (χ2n) is 5.60. The summed E-state index contributed by atoms with van der Waals surface area (Å²) < 4.78 is 21.3. The maximum absolute atomic E-state index is 14.3. The number of halogens is 1. The van der Waals surface area contributed by atoms with Crippen molar-refractivity contribution in [1.29, 1.82) is 0 Å². The average molecular weight is 332 g/mol. The minimum atomic E-state index is -0.976. The number of carboxylic acids is 1. The zero-order valence-electron chi connectivity index (χ0n) is 12.9. The zero-order chi connectivity index (χ0) is 17.1. The number of nitrogens with zero attached hydrogens (tertiary/aromatic N) is 2. The molecule has 1 aliphatic rings. The van der Waals surface area contributed by atoms with Crippen molar-refractivity contribution in [2.24, 2.45) is 0 Å². The van der Waals surface area contributed by atoms with Crippen LogP contribution in [0.3, 0.4) is 0 Å². The molecule has 2 aromatic rings. The average Bonchev–Trinajstić information content (AvgIpc) is 3.08. The highest BCUT2D eigenvalue weighted by Crippen LogP contribution is 2.18. The quantitative estimate of drug-likeness (QED) is 0.929. The van der Waals surface area contributed by atoms with E-state index in [2.05, 4.69) is 0 Å². The van der Waals surface area contributed by atoms with E-state index < -0.39 is 17.9 Å². The molecule has 1 saturated heterocycles. The van der Waals surface area contributed by atoms with Crippen molar-refractivity contribution in [2.45, 2.75) is 12.5 Å². The highest BCUT2D eigenvalue weighted by atomic mass is 19.1. The summed E-state index contributed by atoms with van der Waals surface area (Å²) >= 11 is 0. The van der Waals surface area contributed by atoms with Gasteiger partial charge < -0.3 is 19.3 Å². The Morgan fingerprint density at radius 2 is 2.04 bits per heavy atom. The molecule has 1 fully saturated rings. The molecule has 24 heavy (non-hydrogen) atoms. The number of rotatable bonds is 4. The van der Waals surface area contributed by atoms with E-state index in [1.165, 1.54) is 11.0 Å². The van der Waals surface area contributed by atoms with Gasteiger partial charge in [0.25, 0.3) is 5.91 Å². The van der Waals surface area contributed by atoms with Crippen LogP contribution in [-0.4, -0.2) is 52.3 Å². The summed E-state index contributed by atoms with van der Waals surface area (Å²) in [5.41, 5.74) is 0.599. The number of amides is 1. The Kier molecular flexibility index (Phi) is 4.61. The number of hydrogen-bond acceptors (Lipinski definition) is 3. The predicted octanol–water partition coefficient (Wildman–Crippen LogP) is 1.93. The van der Waals surface area contributed by atoms with Crippen molar-refractivity contribution in [3.05, 3.63) is 54.1 Å². The molecule has 7 heteroatoms. The first-order valence-electron chi connectivity index (χ1n) is 7.60. The number of benzene rings is 1. The summed E-state index contributed by atoms with van der Waals surface area (Å²) in [6.45, 7) is 0.815. The van der Waals surface area contributed by atoms with Gasteiger partial charge in [0, 0.05) is 31.0 Å². The minimum absolute atomic E-state index is 0.162. The van der Waals surface area contributed by atoms with Gasteiger partial charge in [0.15, 0.2) is 0 Å². The molecule has 1 aromatic carbocycles. The van der Waals surface area contributed by atoms with Crippen LogP contribution in [0.4, 0.5) is 4.39 Å². The lowest BCUT2D eigenvalue weighted by atomic mass is 10.1. The van der Waals surface area contributed by atoms with Crippen LogP contribution >= 0.6 is 0 Å². The molecular weight excluding hydrogens is 315 g/mol. The van der Waals surface area contributed by atoms with Gasteiger partial charge in [0.1, 0.15) is 5.82 Å². The lowest BCUT2D eigenvalue weighted by Crippen LogP contribution is -2.46. The van der Waals surface area contributed by atoms with E-state index >= 15 is 0 Å². The number of aromatic nitrogens is 1. The van der Waals surface area contributed by atoms with Gasteiger partial charge in [-0.3, -0.25) is 9.59 Å². The number of morpholine rings is 1. The maximum atomic E-state index is 14.3. The smallest absolute Gasteiger partial charge is 0.306 e. The third kappa shape index (κ3) is 3.46. The maximum Gasteiger partial charge on any atom is 0.306 e. The Hall–Kier alpha value is -2.67. The van der Waals surface area contributed by atoms with Crippen LogP contribution in [0.25, 0.3) is 5.69 Å². The largest absolute Gasteiger partial charge is 0.481 e. The fourth-order valence-electron chi connectivity index (χ4n) is 2.75. The Morgan fingerprint density at radius 3 is 2.71 bits per heavy atom. The van der Waals surface area contributed by atoms with Crippen LogP contribution in [0.5, 0.6) is 0 Å². The standard InChI is InChI=1S/C17H17FN2O4/c18-14-9-12(3-4-15(14)19-5-1-2-6-19)17(23)20-7-8-24-13(11-20)10-16(21)22/h1-6,9,13H,7-8,10-11H2,(H,21,22). The molecule has 1 unspecified atom stereocenters. The highest BCUT2D eigenvalue weighted by molar-refractivity contribution is 5.94. The van der Waals surface area contributed by atoms with E-state index in [4.69, 9.17) is 9.84 Å². The van der Waals surface area contributed by atoms with Crippen molar-refractivity contribution >= 4 is 11.9 Å². The third-order valence-corrected chi connectivity index (χ3v) is 3.91. The molecule has 0 spiro atoms. The fourth-order valence-corrected chi connectivity index (χ4v) is 2.75. The third-order valence-electron chi connectivity index (χ3n) is 3.91. The lowest BCUT2D eigenvalue weighted by molar-refractivity contribution is -0.141. The first kappa shape index (κ1) is 16.2. The van der Waals surface area contributed by atoms with Crippen LogP contribution in [0.15, 0.2) is 42.7 Å². The van der Waals surface area contributed by atoms with Gasteiger partial charge >= 0.3 is 5.97 Å². The van der Waals surface area contributed by atoms with Crippen molar-refractivity contribution in [3.63, 3.8) is 0 Å². The monoisotopic (exact) mass is 332 g/mol. The first-order valence-corrected chi connectivity index (χ1v) is 7.60. The number of carbonyl (C=O) groups is 2. The van der Waals surface area contributed by atoms with Gasteiger partial charge in [-0.05, 0) is 30.3 Å². The summed E-state index contributed by atoms with van der Waals surface area (Å²) in [5.74, 6) is -1.80. The molecule has 1 amide bonds. The van der Waals surface area contributed by atoms with Crippen molar-refractivity contribution in [2.75, 3.05) is 19.7 Å². The molecule has 6 nitrogen and oxygen atoms in total. The van der Waals surface area contributed by atoms with Gasteiger partial charge in [0.05, 0.1) is 24.8 Å². The first-order chi connectivity index (χ1) is 11.5. The summed E-state index contributed by atoms with van der Waals surface area (Å²) in [5, 5.41) is 8.83. The molecule has 0 saturated carbocycles. The minimum Gasteiger partial charge on any atom is -0.481 e. The molecule has 1 atom stereocenters. The van der Waals surface area contributed by atoms with E-state index in [1.54, 1.807) is 41.2 Å². The molecule has 2 heterocycles. The van der Waals surface area contributed by atoms with E-state index in [-0.39, 0.29) is 31.0 Å². The van der Waals surface area contributed by atoms with Gasteiger partial charge in [-0.15, -0.1) is 0 Å². The summed E-state index contributed by atoms with van der Waals surface area (Å²) in [7, 11) is 0. The summed E-state index contributed by atoms with van der Waals surface area (Å²) in [6.07, 6.45) is 2.74. The Bertz CT molecular complexity index is 745. The SMILES string of the molecule is O=C(O)CC1CN(C(=O)c2ccc(-n3cccc3)c(F)c2)CCO1. The second kappa shape index (κ2) is 6.84. The Balaban J connectivity index is 1.75. The van der Waals surface area contributed by atoms with Gasteiger partial charge in [-0.25, -0.2) is 4.39 Å². The molecular formula is C17H17FN2O4. The Morgan fingerprint density at radius 1 is 1.29 bits per heavy atom. The van der Waals surface area contributed by atoms with E-state index in [9.17, 15) is 14.0 Å². The van der Waals surface area contributed by atoms with E-state index in [0.717, 1.165) is 0 Å². The Labute approximate surface area is 138 Å². The van der Waals surface area contributed by atoms with Crippen molar-refractivity contribution < 1.29 is 23.8 Å². The van der Waals surface area contributed by atoms with Crippen LogP contribution in [-0.2, 0) is 9.53 Å². The molecule has 1 aromatic heterocycles. The van der Waals surface area contributed by atoms with Crippen LogP contribution in [0.2, 0.25) is 0 Å². The molecule has 1 aliphatic heterocycles.